The van der Waals surface area contributed by atoms with Crippen molar-refractivity contribution in [2.45, 2.75) is 24.9 Å². The summed E-state index contributed by atoms with van der Waals surface area (Å²) < 4.78 is 1.01. The molecular formula is C15H14N4OS. The van der Waals surface area contributed by atoms with E-state index in [9.17, 15) is 4.79 Å². The molecule has 1 N–H and O–H groups in total. The van der Waals surface area contributed by atoms with E-state index >= 15 is 0 Å². The third kappa shape index (κ3) is 3.09. The van der Waals surface area contributed by atoms with Crippen LogP contribution in [0.15, 0.2) is 33.9 Å². The Hall–Kier alpha value is -2.26. The van der Waals surface area contributed by atoms with Crippen molar-refractivity contribution >= 4 is 27.5 Å². The van der Waals surface area contributed by atoms with E-state index in [1.54, 1.807) is 11.6 Å². The first-order valence-corrected chi connectivity index (χ1v) is 7.59. The van der Waals surface area contributed by atoms with E-state index in [2.05, 4.69) is 26.4 Å². The molecule has 0 spiro atoms. The topological polar surface area (TPSA) is 66.7 Å². The minimum atomic E-state index is -0.346. The lowest BCUT2D eigenvalue weighted by molar-refractivity contribution is 0.0952. The van der Waals surface area contributed by atoms with Crippen LogP contribution < -0.4 is 5.32 Å². The molecule has 0 saturated carbocycles. The molecule has 106 valence electrons. The van der Waals surface area contributed by atoms with Crippen LogP contribution in [-0.2, 0) is 0 Å². The quantitative estimate of drug-likeness (QED) is 0.833. The van der Waals surface area contributed by atoms with E-state index in [0.717, 1.165) is 16.6 Å². The second-order valence-corrected chi connectivity index (χ2v) is 5.81. The molecule has 2 aromatic rings. The van der Waals surface area contributed by atoms with E-state index in [-0.39, 0.29) is 11.6 Å². The highest BCUT2D eigenvalue weighted by Crippen LogP contribution is 2.36. The predicted octanol–water partition coefficient (Wildman–Crippen LogP) is 2.99. The molecule has 0 unspecified atom stereocenters. The number of thiazole rings is 1. The van der Waals surface area contributed by atoms with Crippen molar-refractivity contribution in [2.24, 2.45) is 10.2 Å². The van der Waals surface area contributed by atoms with Crippen LogP contribution in [0.5, 0.6) is 0 Å². The number of aromatic nitrogens is 1. The van der Waals surface area contributed by atoms with Crippen LogP contribution in [0.4, 0.5) is 0 Å². The number of benzene rings is 1. The Labute approximate surface area is 126 Å². The van der Waals surface area contributed by atoms with Gasteiger partial charge in [-0.15, -0.1) is 23.7 Å². The average Bonchev–Trinajstić information content (AvgIpc) is 3.10. The lowest BCUT2D eigenvalue weighted by Crippen LogP contribution is -2.28. The van der Waals surface area contributed by atoms with Crippen molar-refractivity contribution in [3.63, 3.8) is 0 Å². The van der Waals surface area contributed by atoms with Gasteiger partial charge in [-0.05, 0) is 18.2 Å². The summed E-state index contributed by atoms with van der Waals surface area (Å²) >= 11 is 1.53. The Bertz CT molecular complexity index is 737. The van der Waals surface area contributed by atoms with Crippen molar-refractivity contribution in [1.82, 2.24) is 10.3 Å². The molecule has 3 rings (SSSR count). The van der Waals surface area contributed by atoms with E-state index < -0.39 is 0 Å². The summed E-state index contributed by atoms with van der Waals surface area (Å²) in [5, 5.41) is 11.0. The van der Waals surface area contributed by atoms with Gasteiger partial charge in [-0.3, -0.25) is 4.79 Å². The SMILES string of the molecule is C#CCCC1(CCNC(=O)c2ccc3ncsc3c2)N=N1. The summed E-state index contributed by atoms with van der Waals surface area (Å²) in [7, 11) is 0. The normalized spacial score (nSPS) is 14.8. The monoisotopic (exact) mass is 298 g/mol. The largest absolute Gasteiger partial charge is 0.352 e. The second-order valence-electron chi connectivity index (χ2n) is 4.93. The molecule has 1 amide bonds. The van der Waals surface area contributed by atoms with Gasteiger partial charge in [0.25, 0.3) is 5.91 Å². The highest BCUT2D eigenvalue weighted by molar-refractivity contribution is 7.16. The molecule has 1 aliphatic rings. The number of fused-ring (bicyclic) bond motifs is 1. The van der Waals surface area contributed by atoms with Crippen LogP contribution in [0.3, 0.4) is 0 Å². The van der Waals surface area contributed by atoms with Gasteiger partial charge in [0.05, 0.1) is 15.7 Å². The number of rotatable bonds is 6. The number of amides is 1. The summed E-state index contributed by atoms with van der Waals surface area (Å²) in [5.41, 5.74) is 2.99. The fraction of sp³-hybridized carbons (Fsp3) is 0.333. The molecule has 0 aliphatic carbocycles. The fourth-order valence-corrected chi connectivity index (χ4v) is 2.86. The maximum absolute atomic E-state index is 12.1. The number of hydrogen-bond donors (Lipinski definition) is 1. The standard InChI is InChI=1S/C15H14N4OS/c1-2-3-6-15(18-19-15)7-8-16-14(20)11-4-5-12-13(9-11)21-10-17-12/h1,4-5,9-10H,3,6-8H2,(H,16,20). The number of carbonyl (C=O) groups excluding carboxylic acids is 1. The van der Waals surface area contributed by atoms with Crippen LogP contribution in [0.25, 0.3) is 10.2 Å². The maximum Gasteiger partial charge on any atom is 0.251 e. The molecule has 0 radical (unpaired) electrons. The Morgan fingerprint density at radius 3 is 3.00 bits per heavy atom. The van der Waals surface area contributed by atoms with Gasteiger partial charge in [0.15, 0.2) is 5.66 Å². The predicted molar refractivity (Wildman–Crippen MR) is 82.2 cm³/mol. The minimum Gasteiger partial charge on any atom is -0.352 e. The van der Waals surface area contributed by atoms with Crippen molar-refractivity contribution in [3.05, 3.63) is 29.3 Å². The molecule has 2 heterocycles. The number of hydrogen-bond acceptors (Lipinski definition) is 5. The summed E-state index contributed by atoms with van der Waals surface area (Å²) in [6.45, 7) is 0.539. The zero-order valence-electron chi connectivity index (χ0n) is 11.4. The highest BCUT2D eigenvalue weighted by atomic mass is 32.1. The zero-order chi connectivity index (χ0) is 14.7. The number of carbonyl (C=O) groups is 1. The smallest absolute Gasteiger partial charge is 0.251 e. The van der Waals surface area contributed by atoms with Crippen molar-refractivity contribution in [3.8, 4) is 12.3 Å². The number of nitrogens with zero attached hydrogens (tertiary/aromatic N) is 3. The Morgan fingerprint density at radius 1 is 1.38 bits per heavy atom. The molecular weight excluding hydrogens is 284 g/mol. The van der Waals surface area contributed by atoms with Crippen LogP contribution >= 0.6 is 11.3 Å². The van der Waals surface area contributed by atoms with E-state index in [4.69, 9.17) is 6.42 Å². The second kappa shape index (κ2) is 5.62. The van der Waals surface area contributed by atoms with Crippen LogP contribution in [0, 0.1) is 12.3 Å². The maximum atomic E-state index is 12.1. The molecule has 0 fully saturated rings. The first-order chi connectivity index (χ1) is 10.2. The van der Waals surface area contributed by atoms with Gasteiger partial charge in [0.2, 0.25) is 0 Å². The van der Waals surface area contributed by atoms with E-state index in [1.807, 2.05) is 12.1 Å². The summed E-state index contributed by atoms with van der Waals surface area (Å²) in [6.07, 6.45) is 7.36. The Balaban J connectivity index is 1.53. The molecule has 21 heavy (non-hydrogen) atoms. The number of nitrogens with one attached hydrogen (secondary N) is 1. The fourth-order valence-electron chi connectivity index (χ4n) is 2.14. The van der Waals surface area contributed by atoms with Gasteiger partial charge >= 0.3 is 0 Å². The first-order valence-electron chi connectivity index (χ1n) is 6.71. The summed E-state index contributed by atoms with van der Waals surface area (Å²) in [6, 6.07) is 5.51. The molecule has 1 aromatic heterocycles. The molecule has 1 aromatic carbocycles. The van der Waals surface area contributed by atoms with Gasteiger partial charge in [-0.1, -0.05) is 0 Å². The summed E-state index contributed by atoms with van der Waals surface area (Å²) in [5.74, 6) is 2.51. The minimum absolute atomic E-state index is 0.0851. The Morgan fingerprint density at radius 2 is 2.24 bits per heavy atom. The van der Waals surface area contributed by atoms with Gasteiger partial charge < -0.3 is 5.32 Å². The zero-order valence-corrected chi connectivity index (χ0v) is 12.2. The molecule has 5 nitrogen and oxygen atoms in total. The van der Waals surface area contributed by atoms with Crippen LogP contribution in [-0.4, -0.2) is 23.1 Å². The average molecular weight is 298 g/mol. The molecule has 6 heteroatoms. The Kier molecular flexibility index (Phi) is 3.67. The van der Waals surface area contributed by atoms with Gasteiger partial charge in [0, 0.05) is 31.4 Å². The van der Waals surface area contributed by atoms with Crippen molar-refractivity contribution in [2.75, 3.05) is 6.54 Å². The van der Waals surface area contributed by atoms with E-state index in [1.165, 1.54) is 11.3 Å². The third-order valence-electron chi connectivity index (χ3n) is 3.46. The third-order valence-corrected chi connectivity index (χ3v) is 4.25. The van der Waals surface area contributed by atoms with Crippen LogP contribution in [0.2, 0.25) is 0 Å². The summed E-state index contributed by atoms with van der Waals surface area (Å²) in [4.78, 5) is 16.3. The first kappa shape index (κ1) is 13.7. The lowest BCUT2D eigenvalue weighted by Gasteiger charge is -2.09. The van der Waals surface area contributed by atoms with Crippen LogP contribution in [0.1, 0.15) is 29.6 Å². The lowest BCUT2D eigenvalue weighted by atomic mass is 10.0. The van der Waals surface area contributed by atoms with Gasteiger partial charge in [-0.2, -0.15) is 10.2 Å². The van der Waals surface area contributed by atoms with Crippen molar-refractivity contribution < 1.29 is 4.79 Å². The number of terminal acetylenes is 1. The van der Waals surface area contributed by atoms with Crippen molar-refractivity contribution in [1.29, 1.82) is 0 Å². The molecule has 0 bridgehead atoms. The molecule has 0 saturated heterocycles. The highest BCUT2D eigenvalue weighted by Gasteiger charge is 2.38. The van der Waals surface area contributed by atoms with Gasteiger partial charge in [-0.25, -0.2) is 4.98 Å². The van der Waals surface area contributed by atoms with E-state index in [0.29, 0.717) is 24.9 Å². The molecule has 1 aliphatic heterocycles. The van der Waals surface area contributed by atoms with Gasteiger partial charge in [0.1, 0.15) is 0 Å². The molecule has 0 atom stereocenters.